The van der Waals surface area contributed by atoms with Gasteiger partial charge in [0.05, 0.1) is 0 Å². The Morgan fingerprint density at radius 1 is 0.392 bits per heavy atom. The summed E-state index contributed by atoms with van der Waals surface area (Å²) >= 11 is 0. The number of anilines is 6. The first-order valence-corrected chi connectivity index (χ1v) is 17.4. The molecule has 7 aromatic carbocycles. The van der Waals surface area contributed by atoms with Gasteiger partial charge in [-0.15, -0.1) is 0 Å². The van der Waals surface area contributed by atoms with E-state index in [9.17, 15) is 0 Å². The summed E-state index contributed by atoms with van der Waals surface area (Å²) in [5.74, 6) is 0. The van der Waals surface area contributed by atoms with Gasteiger partial charge >= 0.3 is 0 Å². The highest BCUT2D eigenvalue weighted by atomic mass is 15.1. The van der Waals surface area contributed by atoms with E-state index in [4.69, 9.17) is 5.41 Å². The molecule has 0 atom stereocenters. The maximum Gasteiger partial charge on any atom is 0.0465 e. The van der Waals surface area contributed by atoms with Crippen LogP contribution in [0, 0.1) is 5.41 Å². The SMILES string of the molecule is CC1(C)c2cc(/C=C/c3ccc(N(c4ccccc4)c4ccccc4)cc3)ccc2-c2ccc(N(c3ccccc3)c3ccc(C=N)cc3)cc21. The highest BCUT2D eigenvalue weighted by Gasteiger charge is 2.36. The Bertz CT molecular complexity index is 2280. The fourth-order valence-electron chi connectivity index (χ4n) is 7.26. The Kier molecular flexibility index (Phi) is 8.39. The first kappa shape index (κ1) is 31.8. The second-order valence-electron chi connectivity index (χ2n) is 13.5. The average Bonchev–Trinajstić information content (AvgIpc) is 3.41. The molecule has 1 aliphatic carbocycles. The maximum absolute atomic E-state index is 7.66. The van der Waals surface area contributed by atoms with E-state index in [2.05, 4.69) is 200 Å². The molecule has 51 heavy (non-hydrogen) atoms. The van der Waals surface area contributed by atoms with Crippen molar-refractivity contribution >= 4 is 52.5 Å². The molecular weight excluding hydrogens is 619 g/mol. The summed E-state index contributed by atoms with van der Waals surface area (Å²) in [6, 6.07) is 62.2. The Balaban J connectivity index is 1.07. The number of benzene rings is 7. The molecule has 0 aliphatic heterocycles. The Hall–Kier alpha value is -6.45. The van der Waals surface area contributed by atoms with Crippen molar-refractivity contribution in [3.05, 3.63) is 204 Å². The minimum absolute atomic E-state index is 0.170. The van der Waals surface area contributed by atoms with Crippen molar-refractivity contribution in [3.8, 4) is 11.1 Å². The third-order valence-corrected chi connectivity index (χ3v) is 9.92. The molecule has 0 bridgehead atoms. The van der Waals surface area contributed by atoms with Crippen molar-refractivity contribution in [2.45, 2.75) is 19.3 Å². The van der Waals surface area contributed by atoms with E-state index in [1.807, 2.05) is 12.1 Å². The second-order valence-corrected chi connectivity index (χ2v) is 13.5. The molecule has 0 amide bonds. The van der Waals surface area contributed by atoms with E-state index in [0.717, 1.165) is 45.3 Å². The fraction of sp³-hybridized carbons (Fsp3) is 0.0625. The molecule has 0 spiro atoms. The number of rotatable bonds is 9. The monoisotopic (exact) mass is 657 g/mol. The van der Waals surface area contributed by atoms with Crippen LogP contribution in [-0.2, 0) is 5.41 Å². The molecular formula is C48H39N3. The molecule has 0 heterocycles. The van der Waals surface area contributed by atoms with Crippen LogP contribution in [0.25, 0.3) is 23.3 Å². The van der Waals surface area contributed by atoms with Gasteiger partial charge in [0.1, 0.15) is 0 Å². The van der Waals surface area contributed by atoms with Gasteiger partial charge in [0.25, 0.3) is 0 Å². The summed E-state index contributed by atoms with van der Waals surface area (Å²) in [4.78, 5) is 4.58. The van der Waals surface area contributed by atoms with Crippen LogP contribution in [0.3, 0.4) is 0 Å². The van der Waals surface area contributed by atoms with Gasteiger partial charge in [-0.05, 0) is 112 Å². The Labute approximate surface area is 300 Å². The van der Waals surface area contributed by atoms with Gasteiger partial charge < -0.3 is 15.2 Å². The van der Waals surface area contributed by atoms with Gasteiger partial charge in [0.2, 0.25) is 0 Å². The lowest BCUT2D eigenvalue weighted by Crippen LogP contribution is -2.16. The highest BCUT2D eigenvalue weighted by molar-refractivity contribution is 5.87. The molecule has 3 heteroatoms. The van der Waals surface area contributed by atoms with Crippen molar-refractivity contribution < 1.29 is 0 Å². The van der Waals surface area contributed by atoms with E-state index in [0.29, 0.717) is 0 Å². The normalized spacial score (nSPS) is 12.7. The van der Waals surface area contributed by atoms with Gasteiger partial charge in [-0.2, -0.15) is 0 Å². The van der Waals surface area contributed by atoms with Crippen molar-refractivity contribution in [1.82, 2.24) is 0 Å². The van der Waals surface area contributed by atoms with E-state index in [1.54, 1.807) is 0 Å². The largest absolute Gasteiger partial charge is 0.311 e. The fourth-order valence-corrected chi connectivity index (χ4v) is 7.26. The van der Waals surface area contributed by atoms with Crippen molar-refractivity contribution in [1.29, 1.82) is 5.41 Å². The zero-order valence-corrected chi connectivity index (χ0v) is 28.9. The molecule has 246 valence electrons. The summed E-state index contributed by atoms with van der Waals surface area (Å²) in [6.07, 6.45) is 5.81. The minimum atomic E-state index is -0.170. The summed E-state index contributed by atoms with van der Waals surface area (Å²) < 4.78 is 0. The average molecular weight is 658 g/mol. The van der Waals surface area contributed by atoms with Crippen LogP contribution in [-0.4, -0.2) is 6.21 Å². The molecule has 0 saturated carbocycles. The van der Waals surface area contributed by atoms with Crippen LogP contribution in [0.1, 0.15) is 41.7 Å². The van der Waals surface area contributed by atoms with Crippen molar-refractivity contribution in [3.63, 3.8) is 0 Å². The number of nitrogens with one attached hydrogen (secondary N) is 1. The lowest BCUT2D eigenvalue weighted by Gasteiger charge is -2.28. The molecule has 0 saturated heterocycles. The third kappa shape index (κ3) is 6.15. The second kappa shape index (κ2) is 13.5. The summed E-state index contributed by atoms with van der Waals surface area (Å²) in [6.45, 7) is 4.68. The van der Waals surface area contributed by atoms with E-state index in [-0.39, 0.29) is 5.41 Å². The van der Waals surface area contributed by atoms with Gasteiger partial charge in [-0.3, -0.25) is 0 Å². The van der Waals surface area contributed by atoms with Gasteiger partial charge in [0, 0.05) is 45.8 Å². The lowest BCUT2D eigenvalue weighted by molar-refractivity contribution is 0.660. The molecule has 0 aromatic heterocycles. The molecule has 8 rings (SSSR count). The Morgan fingerprint density at radius 3 is 1.27 bits per heavy atom. The minimum Gasteiger partial charge on any atom is -0.311 e. The smallest absolute Gasteiger partial charge is 0.0465 e. The third-order valence-electron chi connectivity index (χ3n) is 9.92. The van der Waals surface area contributed by atoms with Crippen LogP contribution >= 0.6 is 0 Å². The zero-order chi connectivity index (χ0) is 34.8. The van der Waals surface area contributed by atoms with E-state index >= 15 is 0 Å². The lowest BCUT2D eigenvalue weighted by atomic mass is 9.81. The first-order chi connectivity index (χ1) is 25.0. The van der Waals surface area contributed by atoms with E-state index in [1.165, 1.54) is 34.0 Å². The number of para-hydroxylation sites is 3. The standard InChI is InChI=1S/C48H39N3/c1-48(2)46-32-36(19-18-35-20-25-41(26-21-35)50(38-12-6-3-7-13-38)39-14-8-4-9-15-39)24-30-44(46)45-31-29-43(33-47(45)48)51(40-16-10-5-11-17-40)42-27-22-37(34-49)23-28-42/h3-34,49H,1-2H3/b19-18+,49-34?. The van der Waals surface area contributed by atoms with Crippen molar-refractivity contribution in [2.24, 2.45) is 0 Å². The van der Waals surface area contributed by atoms with Crippen molar-refractivity contribution in [2.75, 3.05) is 9.80 Å². The highest BCUT2D eigenvalue weighted by Crippen LogP contribution is 2.51. The molecule has 0 unspecified atom stereocenters. The molecule has 1 aliphatic rings. The maximum atomic E-state index is 7.66. The van der Waals surface area contributed by atoms with Crippen LogP contribution in [0.4, 0.5) is 34.1 Å². The number of hydrogen-bond acceptors (Lipinski definition) is 3. The van der Waals surface area contributed by atoms with Crippen LogP contribution in [0.5, 0.6) is 0 Å². The molecule has 3 nitrogen and oxygen atoms in total. The van der Waals surface area contributed by atoms with Crippen LogP contribution in [0.2, 0.25) is 0 Å². The zero-order valence-electron chi connectivity index (χ0n) is 28.9. The summed E-state index contributed by atoms with van der Waals surface area (Å²) in [7, 11) is 0. The predicted octanol–water partition coefficient (Wildman–Crippen LogP) is 13.1. The van der Waals surface area contributed by atoms with E-state index < -0.39 is 0 Å². The predicted molar refractivity (Wildman–Crippen MR) is 217 cm³/mol. The topological polar surface area (TPSA) is 30.3 Å². The van der Waals surface area contributed by atoms with Gasteiger partial charge in [0.15, 0.2) is 0 Å². The molecule has 0 radical (unpaired) electrons. The van der Waals surface area contributed by atoms with Gasteiger partial charge in [-0.1, -0.05) is 129 Å². The Morgan fingerprint density at radius 2 is 0.765 bits per heavy atom. The molecule has 0 fully saturated rings. The first-order valence-electron chi connectivity index (χ1n) is 17.4. The number of nitrogens with zero attached hydrogens (tertiary/aromatic N) is 2. The summed E-state index contributed by atoms with van der Waals surface area (Å²) in [5.41, 5.74) is 15.0. The van der Waals surface area contributed by atoms with Crippen LogP contribution < -0.4 is 9.80 Å². The number of hydrogen-bond donors (Lipinski definition) is 1. The van der Waals surface area contributed by atoms with Gasteiger partial charge in [-0.25, -0.2) is 0 Å². The quantitative estimate of drug-likeness (QED) is 0.124. The molecule has 1 N–H and O–H groups in total. The summed E-state index contributed by atoms with van der Waals surface area (Å²) in [5, 5.41) is 7.66. The van der Waals surface area contributed by atoms with Crippen LogP contribution in [0.15, 0.2) is 176 Å². The molecule has 7 aromatic rings. The number of fused-ring (bicyclic) bond motifs is 3.